The van der Waals surface area contributed by atoms with Gasteiger partial charge in [-0.05, 0) is 44.4 Å². The summed E-state index contributed by atoms with van der Waals surface area (Å²) in [6.07, 6.45) is 2.70. The topological polar surface area (TPSA) is 98.0 Å². The van der Waals surface area contributed by atoms with Gasteiger partial charge in [0, 0.05) is 26.2 Å². The molecule has 0 radical (unpaired) electrons. The number of hydrogen-bond donors (Lipinski definition) is 0. The van der Waals surface area contributed by atoms with Crippen LogP contribution in [0.25, 0.3) is 10.2 Å². The molecule has 0 saturated carbocycles. The summed E-state index contributed by atoms with van der Waals surface area (Å²) in [5, 5.41) is 0. The standard InChI is InChI=1S/C20H26FN3O5S2/c1-14-5-3-4-8-23(14)19(26)13-31(27,28)12-18(25)22-20-24(9-10-29-2)16-7-6-15(21)11-17(16)30-20/h6-7,11,14H,3-5,8-10,12-13H2,1-2H3. The van der Waals surface area contributed by atoms with Gasteiger partial charge in [-0.1, -0.05) is 11.3 Å². The van der Waals surface area contributed by atoms with Crippen LogP contribution in [0.4, 0.5) is 4.39 Å². The SMILES string of the molecule is COCCn1c(=NC(=O)CS(=O)(=O)CC(=O)N2CCCCC2C)sc2cc(F)ccc21. The van der Waals surface area contributed by atoms with Crippen molar-refractivity contribution >= 4 is 43.2 Å². The first-order valence-electron chi connectivity index (χ1n) is 10.1. The van der Waals surface area contributed by atoms with Crippen LogP contribution in [0.5, 0.6) is 0 Å². The van der Waals surface area contributed by atoms with E-state index in [4.69, 9.17) is 4.74 Å². The molecule has 0 N–H and O–H groups in total. The Balaban J connectivity index is 1.79. The summed E-state index contributed by atoms with van der Waals surface area (Å²) in [4.78, 5) is 30.7. The van der Waals surface area contributed by atoms with E-state index in [1.54, 1.807) is 15.5 Å². The molecule has 1 aliphatic heterocycles. The lowest BCUT2D eigenvalue weighted by atomic mass is 10.0. The summed E-state index contributed by atoms with van der Waals surface area (Å²) >= 11 is 1.09. The first-order valence-corrected chi connectivity index (χ1v) is 12.7. The summed E-state index contributed by atoms with van der Waals surface area (Å²) < 4.78 is 45.9. The van der Waals surface area contributed by atoms with E-state index in [1.165, 1.54) is 19.2 Å². The molecule has 8 nitrogen and oxygen atoms in total. The molecular weight excluding hydrogens is 445 g/mol. The largest absolute Gasteiger partial charge is 0.383 e. The number of hydrogen-bond acceptors (Lipinski definition) is 6. The molecule has 2 heterocycles. The van der Waals surface area contributed by atoms with Gasteiger partial charge in [-0.2, -0.15) is 4.99 Å². The zero-order valence-corrected chi connectivity index (χ0v) is 19.2. The highest BCUT2D eigenvalue weighted by Crippen LogP contribution is 2.19. The number of carbonyl (C=O) groups excluding carboxylic acids is 2. The van der Waals surface area contributed by atoms with Gasteiger partial charge in [-0.3, -0.25) is 9.59 Å². The molecule has 2 aromatic rings. The summed E-state index contributed by atoms with van der Waals surface area (Å²) in [5.74, 6) is -3.32. The number of benzene rings is 1. The Morgan fingerprint density at radius 1 is 1.29 bits per heavy atom. The van der Waals surface area contributed by atoms with Crippen LogP contribution in [-0.2, 0) is 30.7 Å². The second-order valence-corrected chi connectivity index (χ2v) is 10.7. The minimum absolute atomic E-state index is 0.00414. The number of halogens is 1. The summed E-state index contributed by atoms with van der Waals surface area (Å²) in [6, 6.07) is 4.22. The van der Waals surface area contributed by atoms with Gasteiger partial charge in [0.25, 0.3) is 5.91 Å². The number of fused-ring (bicyclic) bond motifs is 1. The fourth-order valence-electron chi connectivity index (χ4n) is 3.65. The van der Waals surface area contributed by atoms with Crippen molar-refractivity contribution in [2.75, 3.05) is 31.8 Å². The second kappa shape index (κ2) is 10.0. The fourth-order valence-corrected chi connectivity index (χ4v) is 5.83. The number of likely N-dealkylation sites (tertiary alicyclic amines) is 1. The number of aromatic nitrogens is 1. The summed E-state index contributed by atoms with van der Waals surface area (Å²) in [5.41, 5.74) is 0.673. The zero-order valence-electron chi connectivity index (χ0n) is 17.5. The first-order chi connectivity index (χ1) is 14.7. The molecule has 170 valence electrons. The molecule has 0 spiro atoms. The van der Waals surface area contributed by atoms with E-state index in [-0.39, 0.29) is 10.8 Å². The smallest absolute Gasteiger partial charge is 0.263 e. The number of piperidine rings is 1. The van der Waals surface area contributed by atoms with Gasteiger partial charge in [-0.15, -0.1) is 0 Å². The molecule has 3 rings (SSSR count). The predicted molar refractivity (Wildman–Crippen MR) is 116 cm³/mol. The lowest BCUT2D eigenvalue weighted by Crippen LogP contribution is -2.45. The van der Waals surface area contributed by atoms with Gasteiger partial charge < -0.3 is 14.2 Å². The number of ether oxygens (including phenoxy) is 1. The monoisotopic (exact) mass is 471 g/mol. The molecule has 1 saturated heterocycles. The predicted octanol–water partition coefficient (Wildman–Crippen LogP) is 1.73. The van der Waals surface area contributed by atoms with Gasteiger partial charge in [0.2, 0.25) is 5.91 Å². The highest BCUT2D eigenvalue weighted by molar-refractivity contribution is 7.92. The maximum atomic E-state index is 13.6. The van der Waals surface area contributed by atoms with E-state index < -0.39 is 39.0 Å². The van der Waals surface area contributed by atoms with Crippen LogP contribution in [0.2, 0.25) is 0 Å². The molecule has 1 aromatic heterocycles. The Morgan fingerprint density at radius 3 is 2.77 bits per heavy atom. The van der Waals surface area contributed by atoms with Crippen molar-refractivity contribution in [3.05, 3.63) is 28.8 Å². The first kappa shape index (κ1) is 23.6. The number of amides is 2. The molecule has 1 fully saturated rings. The van der Waals surface area contributed by atoms with Gasteiger partial charge in [-0.25, -0.2) is 12.8 Å². The van der Waals surface area contributed by atoms with Gasteiger partial charge in [0.05, 0.1) is 16.8 Å². The third kappa shape index (κ3) is 5.98. The number of rotatable bonds is 7. The normalized spacial score (nSPS) is 18.0. The Bertz CT molecular complexity index is 1140. The number of carbonyl (C=O) groups is 2. The molecule has 1 aromatic carbocycles. The molecular formula is C20H26FN3O5S2. The minimum atomic E-state index is -3.96. The van der Waals surface area contributed by atoms with Crippen LogP contribution in [0.15, 0.2) is 23.2 Å². The van der Waals surface area contributed by atoms with Crippen molar-refractivity contribution in [2.24, 2.45) is 4.99 Å². The van der Waals surface area contributed by atoms with Gasteiger partial charge in [0.15, 0.2) is 14.6 Å². The van der Waals surface area contributed by atoms with Crippen molar-refractivity contribution < 1.29 is 27.1 Å². The van der Waals surface area contributed by atoms with E-state index in [0.717, 1.165) is 30.6 Å². The maximum absolute atomic E-state index is 13.6. The lowest BCUT2D eigenvalue weighted by Gasteiger charge is -2.33. The average molecular weight is 472 g/mol. The molecule has 11 heteroatoms. The second-order valence-electron chi connectivity index (χ2n) is 7.61. The van der Waals surface area contributed by atoms with Gasteiger partial charge >= 0.3 is 0 Å². The number of nitrogens with zero attached hydrogens (tertiary/aromatic N) is 3. The van der Waals surface area contributed by atoms with Crippen molar-refractivity contribution in [1.82, 2.24) is 9.47 Å². The summed E-state index contributed by atoms with van der Waals surface area (Å²) in [7, 11) is -2.43. The van der Waals surface area contributed by atoms with E-state index in [2.05, 4.69) is 4.99 Å². The molecule has 1 aliphatic rings. The Hall–Kier alpha value is -2.11. The Morgan fingerprint density at radius 2 is 2.06 bits per heavy atom. The van der Waals surface area contributed by atoms with Crippen molar-refractivity contribution in [3.63, 3.8) is 0 Å². The van der Waals surface area contributed by atoms with E-state index in [9.17, 15) is 22.4 Å². The number of methoxy groups -OCH3 is 1. The molecule has 1 atom stereocenters. The maximum Gasteiger partial charge on any atom is 0.263 e. The van der Waals surface area contributed by atoms with Crippen molar-refractivity contribution in [1.29, 1.82) is 0 Å². The fraction of sp³-hybridized carbons (Fsp3) is 0.550. The molecule has 0 aliphatic carbocycles. The van der Waals surface area contributed by atoms with Crippen LogP contribution in [0, 0.1) is 5.82 Å². The third-order valence-electron chi connectivity index (χ3n) is 5.19. The molecule has 0 bridgehead atoms. The third-order valence-corrected chi connectivity index (χ3v) is 7.61. The molecule has 1 unspecified atom stereocenters. The lowest BCUT2D eigenvalue weighted by molar-refractivity contribution is -0.131. The van der Waals surface area contributed by atoms with E-state index >= 15 is 0 Å². The van der Waals surface area contributed by atoms with Crippen molar-refractivity contribution in [3.8, 4) is 0 Å². The van der Waals surface area contributed by atoms with Gasteiger partial charge in [0.1, 0.15) is 17.3 Å². The summed E-state index contributed by atoms with van der Waals surface area (Å²) in [6.45, 7) is 3.14. The highest BCUT2D eigenvalue weighted by atomic mass is 32.2. The average Bonchev–Trinajstić information content (AvgIpc) is 3.01. The van der Waals surface area contributed by atoms with Crippen LogP contribution < -0.4 is 4.80 Å². The number of sulfone groups is 1. The van der Waals surface area contributed by atoms with Crippen LogP contribution in [0.3, 0.4) is 0 Å². The molecule has 31 heavy (non-hydrogen) atoms. The highest BCUT2D eigenvalue weighted by Gasteiger charge is 2.28. The minimum Gasteiger partial charge on any atom is -0.383 e. The Kier molecular flexibility index (Phi) is 7.60. The molecule has 2 amide bonds. The van der Waals surface area contributed by atoms with Crippen molar-refractivity contribution in [2.45, 2.75) is 38.8 Å². The van der Waals surface area contributed by atoms with E-state index in [0.29, 0.717) is 29.9 Å². The Labute approximate surface area is 184 Å². The van der Waals surface area contributed by atoms with E-state index in [1.807, 2.05) is 6.92 Å². The zero-order chi connectivity index (χ0) is 22.6. The number of thiazole rings is 1. The van der Waals surface area contributed by atoms with Crippen LogP contribution in [-0.4, -0.2) is 67.5 Å². The quantitative estimate of drug-likeness (QED) is 0.613. The van der Waals surface area contributed by atoms with Crippen LogP contribution >= 0.6 is 11.3 Å². The van der Waals surface area contributed by atoms with Crippen LogP contribution in [0.1, 0.15) is 26.2 Å².